The molecule has 40 heavy (non-hydrogen) atoms. The molecule has 1 saturated heterocycles. The number of epoxide rings is 1. The average molecular weight is 565 g/mol. The van der Waals surface area contributed by atoms with E-state index < -0.39 is 35.8 Å². The Bertz CT molecular complexity index is 918. The first kappa shape index (κ1) is 34.2. The van der Waals surface area contributed by atoms with Crippen LogP contribution in [-0.4, -0.2) is 72.0 Å². The molecule has 0 amide bonds. The summed E-state index contributed by atoms with van der Waals surface area (Å²) in [5.41, 5.74) is 0.396. The molecule has 0 bridgehead atoms. The van der Waals surface area contributed by atoms with Gasteiger partial charge in [0.05, 0.1) is 30.8 Å². The Morgan fingerprint density at radius 2 is 1.90 bits per heavy atom. The van der Waals surface area contributed by atoms with Gasteiger partial charge in [-0.25, -0.2) is 0 Å². The topological polar surface area (TPSA) is 115 Å². The Labute approximate surface area is 240 Å². The van der Waals surface area contributed by atoms with Gasteiger partial charge in [-0.1, -0.05) is 65.8 Å². The lowest BCUT2D eigenvalue weighted by Crippen LogP contribution is -2.35. The predicted molar refractivity (Wildman–Crippen MR) is 154 cm³/mol. The molecule has 228 valence electrons. The summed E-state index contributed by atoms with van der Waals surface area (Å²) in [6.45, 7) is 15.3. The summed E-state index contributed by atoms with van der Waals surface area (Å²) in [5.74, 6) is -0.989. The molecule has 8 heteroatoms. The molecule has 0 radical (unpaired) electrons. The van der Waals surface area contributed by atoms with Crippen molar-refractivity contribution in [2.75, 3.05) is 7.11 Å². The normalized spacial score (nSPS) is 33.6. The Hall–Kier alpha value is -2.00. The molecule has 0 aromatic carbocycles. The molecular formula is C32H52O8. The van der Waals surface area contributed by atoms with Gasteiger partial charge < -0.3 is 29.2 Å². The fourth-order valence-electron chi connectivity index (χ4n) is 5.48. The number of rotatable bonds is 10. The second-order valence-corrected chi connectivity index (χ2v) is 12.3. The van der Waals surface area contributed by atoms with Crippen LogP contribution in [0.1, 0.15) is 81.1 Å². The molecule has 0 aromatic rings. The maximum atomic E-state index is 12.7. The number of hydrogen-bond acceptors (Lipinski definition) is 8. The summed E-state index contributed by atoms with van der Waals surface area (Å²) in [6, 6.07) is 0. The summed E-state index contributed by atoms with van der Waals surface area (Å²) >= 11 is 0. The maximum absolute atomic E-state index is 12.7. The number of hydrogen-bond donors (Lipinski definition) is 2. The summed E-state index contributed by atoms with van der Waals surface area (Å²) in [6.07, 6.45) is 8.54. The van der Waals surface area contributed by atoms with E-state index in [4.69, 9.17) is 18.9 Å². The van der Waals surface area contributed by atoms with E-state index in [1.54, 1.807) is 7.11 Å². The predicted octanol–water partition coefficient (Wildman–Crippen LogP) is 4.92. The highest BCUT2D eigenvalue weighted by Crippen LogP contribution is 2.37. The van der Waals surface area contributed by atoms with Crippen molar-refractivity contribution in [1.29, 1.82) is 0 Å². The first-order chi connectivity index (χ1) is 18.7. The Morgan fingerprint density at radius 1 is 1.23 bits per heavy atom. The van der Waals surface area contributed by atoms with Crippen LogP contribution >= 0.6 is 0 Å². The van der Waals surface area contributed by atoms with Crippen molar-refractivity contribution in [2.45, 2.75) is 124 Å². The number of allylic oxidation sites excluding steroid dienone is 2. The molecule has 0 spiro atoms. The lowest BCUT2D eigenvalue weighted by Gasteiger charge is -2.33. The van der Waals surface area contributed by atoms with Crippen molar-refractivity contribution >= 4 is 11.9 Å². The van der Waals surface area contributed by atoms with Gasteiger partial charge >= 0.3 is 11.9 Å². The molecule has 2 aliphatic heterocycles. The third-order valence-corrected chi connectivity index (χ3v) is 8.38. The van der Waals surface area contributed by atoms with Gasteiger partial charge in [-0.2, -0.15) is 0 Å². The van der Waals surface area contributed by atoms with Gasteiger partial charge in [-0.3, -0.25) is 9.59 Å². The summed E-state index contributed by atoms with van der Waals surface area (Å²) in [5, 5.41) is 21.3. The summed E-state index contributed by atoms with van der Waals surface area (Å²) in [4.78, 5) is 24.5. The molecule has 8 nitrogen and oxygen atoms in total. The molecule has 0 unspecified atom stereocenters. The quantitative estimate of drug-likeness (QED) is 0.166. The maximum Gasteiger partial charge on any atom is 0.309 e. The minimum absolute atomic E-state index is 0.0209. The standard InChI is InChI=1S/C32H52O8/c1-10-25(37-9)22(5)30-31(40-30)28(36)19(2)12-11-13-20(3)29-21(4)14-15-26(38-23(6)33)32(7,8)17-16-24(34)18-27(35)39-29/h11-15,19,21-22,24-26,28-31,34,36H,10,16-18H2,1-9H3/b12-11+,15-14+,20-13+/t19-,21+,22+,24-,25-,26+,28+,29-,30-,31-/m1/s1. The number of cyclic esters (lactones) is 1. The van der Waals surface area contributed by atoms with E-state index in [9.17, 15) is 19.8 Å². The zero-order valence-electron chi connectivity index (χ0n) is 25.8. The minimum atomic E-state index is -0.844. The van der Waals surface area contributed by atoms with E-state index >= 15 is 0 Å². The molecule has 2 aliphatic rings. The molecule has 10 atom stereocenters. The first-order valence-electron chi connectivity index (χ1n) is 14.7. The molecule has 0 saturated carbocycles. The number of ether oxygens (including phenoxy) is 4. The van der Waals surface area contributed by atoms with Crippen molar-refractivity contribution in [2.24, 2.45) is 23.2 Å². The Kier molecular flexibility index (Phi) is 13.1. The molecule has 2 heterocycles. The van der Waals surface area contributed by atoms with E-state index in [1.807, 2.05) is 65.0 Å². The molecule has 0 aliphatic carbocycles. The van der Waals surface area contributed by atoms with Crippen LogP contribution < -0.4 is 0 Å². The molecular weight excluding hydrogens is 512 g/mol. The van der Waals surface area contributed by atoms with Gasteiger partial charge in [0.2, 0.25) is 0 Å². The largest absolute Gasteiger partial charge is 0.458 e. The third kappa shape index (κ3) is 9.82. The number of methoxy groups -OCH3 is 1. The van der Waals surface area contributed by atoms with E-state index in [-0.39, 0.29) is 48.5 Å². The van der Waals surface area contributed by atoms with E-state index in [0.717, 1.165) is 12.0 Å². The van der Waals surface area contributed by atoms with E-state index in [2.05, 4.69) is 13.8 Å². The first-order valence-corrected chi connectivity index (χ1v) is 14.7. The number of carbonyl (C=O) groups excluding carboxylic acids is 2. The van der Waals surface area contributed by atoms with E-state index in [0.29, 0.717) is 12.8 Å². The highest BCUT2D eigenvalue weighted by atomic mass is 16.6. The van der Waals surface area contributed by atoms with Crippen molar-refractivity contribution < 1.29 is 38.7 Å². The van der Waals surface area contributed by atoms with Crippen LogP contribution in [0.2, 0.25) is 0 Å². The molecule has 1 fully saturated rings. The minimum Gasteiger partial charge on any atom is -0.458 e. The smallest absolute Gasteiger partial charge is 0.309 e. The van der Waals surface area contributed by atoms with Crippen molar-refractivity contribution in [3.63, 3.8) is 0 Å². The van der Waals surface area contributed by atoms with Crippen LogP contribution in [-0.2, 0) is 28.5 Å². The summed E-state index contributed by atoms with van der Waals surface area (Å²) < 4.78 is 22.8. The molecule has 2 rings (SSSR count). The number of aliphatic hydroxyl groups is 2. The third-order valence-electron chi connectivity index (χ3n) is 8.38. The molecule has 0 aromatic heterocycles. The fourth-order valence-corrected chi connectivity index (χ4v) is 5.48. The second kappa shape index (κ2) is 15.3. The van der Waals surface area contributed by atoms with Gasteiger partial charge in [0.1, 0.15) is 18.3 Å². The zero-order chi connectivity index (χ0) is 30.2. The van der Waals surface area contributed by atoms with Crippen molar-refractivity contribution in [3.8, 4) is 0 Å². The Balaban J connectivity index is 2.16. The van der Waals surface area contributed by atoms with Gasteiger partial charge in [0, 0.05) is 37.2 Å². The van der Waals surface area contributed by atoms with E-state index in [1.165, 1.54) is 6.92 Å². The number of esters is 2. The van der Waals surface area contributed by atoms with Crippen LogP contribution in [0.15, 0.2) is 36.0 Å². The van der Waals surface area contributed by atoms with Gasteiger partial charge in [0.15, 0.2) is 0 Å². The monoisotopic (exact) mass is 564 g/mol. The highest BCUT2D eigenvalue weighted by molar-refractivity contribution is 5.70. The van der Waals surface area contributed by atoms with Gasteiger partial charge in [-0.15, -0.1) is 0 Å². The fraction of sp³-hybridized carbons (Fsp3) is 0.750. The number of aliphatic hydroxyl groups excluding tert-OH is 2. The lowest BCUT2D eigenvalue weighted by molar-refractivity contribution is -0.151. The summed E-state index contributed by atoms with van der Waals surface area (Å²) in [7, 11) is 1.70. The second-order valence-electron chi connectivity index (χ2n) is 12.3. The van der Waals surface area contributed by atoms with Crippen LogP contribution in [0.25, 0.3) is 0 Å². The van der Waals surface area contributed by atoms with Gasteiger partial charge in [0.25, 0.3) is 0 Å². The SMILES string of the molecule is CC[C@@H](OC)[C@H](C)[C@H]1O[C@@H]1[C@@H](O)[C@H](C)/C=C/C=C(\C)[C@H]1OC(=O)C[C@H](O)CCC(C)(C)[C@@H](OC(C)=O)/C=C/[C@@H]1C. The Morgan fingerprint density at radius 3 is 2.50 bits per heavy atom. The van der Waals surface area contributed by atoms with Crippen LogP contribution in [0.5, 0.6) is 0 Å². The van der Waals surface area contributed by atoms with Gasteiger partial charge in [-0.05, 0) is 37.8 Å². The average Bonchev–Trinajstić information content (AvgIpc) is 3.68. The van der Waals surface area contributed by atoms with Crippen molar-refractivity contribution in [3.05, 3.63) is 36.0 Å². The zero-order valence-corrected chi connectivity index (χ0v) is 25.8. The van der Waals surface area contributed by atoms with Crippen LogP contribution in [0, 0.1) is 23.2 Å². The number of carbonyl (C=O) groups is 2. The van der Waals surface area contributed by atoms with Crippen LogP contribution in [0.3, 0.4) is 0 Å². The van der Waals surface area contributed by atoms with Crippen LogP contribution in [0.4, 0.5) is 0 Å². The van der Waals surface area contributed by atoms with Crippen molar-refractivity contribution in [1.82, 2.24) is 0 Å². The highest BCUT2D eigenvalue weighted by Gasteiger charge is 2.50. The molecule has 2 N–H and O–H groups in total. The lowest BCUT2D eigenvalue weighted by atomic mass is 9.80.